The van der Waals surface area contributed by atoms with Crippen molar-refractivity contribution in [2.24, 2.45) is 0 Å². The lowest BCUT2D eigenvalue weighted by atomic mass is 10.2. The van der Waals surface area contributed by atoms with Crippen molar-refractivity contribution < 1.29 is 9.59 Å². The first-order chi connectivity index (χ1) is 9.00. The lowest BCUT2D eigenvalue weighted by Crippen LogP contribution is -2.30. The number of rotatable bonds is 1. The Bertz CT molecular complexity index is 742. The Labute approximate surface area is 122 Å². The van der Waals surface area contributed by atoms with E-state index in [1.807, 2.05) is 25.1 Å². The third-order valence-electron chi connectivity index (χ3n) is 2.78. The summed E-state index contributed by atoms with van der Waals surface area (Å²) in [6, 6.07) is 5.69. The van der Waals surface area contributed by atoms with Gasteiger partial charge in [0, 0.05) is 0 Å². The molecule has 2 amide bonds. The second-order valence-corrected chi connectivity index (χ2v) is 5.76. The van der Waals surface area contributed by atoms with Crippen molar-refractivity contribution in [3.8, 4) is 0 Å². The van der Waals surface area contributed by atoms with Gasteiger partial charge in [-0.2, -0.15) is 0 Å². The van der Waals surface area contributed by atoms with Gasteiger partial charge >= 0.3 is 0 Å². The highest BCUT2D eigenvalue weighted by Gasteiger charge is 2.39. The van der Waals surface area contributed by atoms with Gasteiger partial charge in [0.15, 0.2) is 0 Å². The number of halogens is 2. The monoisotopic (exact) mass is 312 g/mol. The smallest absolute Gasteiger partial charge is 0.267 e. The standard InChI is InChI=1S/C12H6Cl2N2O2S/c1-5-3-2-4-6-9(5)15-12(19-6)16-10(17)7(13)8(14)11(16)18/h2-4H,1H3. The summed E-state index contributed by atoms with van der Waals surface area (Å²) in [7, 11) is 0. The van der Waals surface area contributed by atoms with Crippen LogP contribution in [0.25, 0.3) is 10.2 Å². The van der Waals surface area contributed by atoms with Crippen molar-refractivity contribution in [3.63, 3.8) is 0 Å². The molecule has 0 aliphatic carbocycles. The Morgan fingerprint density at radius 3 is 2.37 bits per heavy atom. The van der Waals surface area contributed by atoms with Crippen LogP contribution < -0.4 is 4.90 Å². The number of aryl methyl sites for hydroxylation is 1. The number of imide groups is 1. The summed E-state index contributed by atoms with van der Waals surface area (Å²) in [6.07, 6.45) is 0. The Kier molecular flexibility index (Phi) is 2.85. The van der Waals surface area contributed by atoms with E-state index >= 15 is 0 Å². The first kappa shape index (κ1) is 12.6. The number of fused-ring (bicyclic) bond motifs is 1. The van der Waals surface area contributed by atoms with Crippen LogP contribution in [0.3, 0.4) is 0 Å². The molecule has 2 heterocycles. The van der Waals surface area contributed by atoms with Crippen LogP contribution in [0, 0.1) is 6.92 Å². The van der Waals surface area contributed by atoms with Gasteiger partial charge in [0.1, 0.15) is 10.1 Å². The Hall–Kier alpha value is -1.43. The molecule has 4 nitrogen and oxygen atoms in total. The van der Waals surface area contributed by atoms with E-state index in [1.54, 1.807) is 0 Å². The van der Waals surface area contributed by atoms with Crippen molar-refractivity contribution in [1.29, 1.82) is 0 Å². The molecule has 0 bridgehead atoms. The highest BCUT2D eigenvalue weighted by atomic mass is 35.5. The number of aromatic nitrogens is 1. The fraction of sp³-hybridized carbons (Fsp3) is 0.0833. The fourth-order valence-corrected chi connectivity index (χ4v) is 3.19. The van der Waals surface area contributed by atoms with Gasteiger partial charge in [-0.3, -0.25) is 9.59 Å². The lowest BCUT2D eigenvalue weighted by molar-refractivity contribution is -0.120. The van der Waals surface area contributed by atoms with Gasteiger partial charge in [-0.15, -0.1) is 0 Å². The normalized spacial score (nSPS) is 16.1. The highest BCUT2D eigenvalue weighted by Crippen LogP contribution is 2.36. The maximum absolute atomic E-state index is 11.9. The lowest BCUT2D eigenvalue weighted by Gasteiger charge is -2.08. The number of benzene rings is 1. The van der Waals surface area contributed by atoms with E-state index in [0.29, 0.717) is 0 Å². The molecule has 0 saturated heterocycles. The Balaban J connectivity index is 2.14. The van der Waals surface area contributed by atoms with Crippen molar-refractivity contribution in [2.75, 3.05) is 4.90 Å². The molecule has 0 unspecified atom stereocenters. The van der Waals surface area contributed by atoms with E-state index in [9.17, 15) is 9.59 Å². The molecule has 7 heteroatoms. The number of anilines is 1. The Morgan fingerprint density at radius 2 is 1.79 bits per heavy atom. The Morgan fingerprint density at radius 1 is 1.16 bits per heavy atom. The van der Waals surface area contributed by atoms with Crippen molar-refractivity contribution in [1.82, 2.24) is 4.98 Å². The van der Waals surface area contributed by atoms with Gasteiger partial charge in [0.25, 0.3) is 11.8 Å². The van der Waals surface area contributed by atoms with Gasteiger partial charge in [0.2, 0.25) is 5.13 Å². The number of hydrogen-bond acceptors (Lipinski definition) is 4. The van der Waals surface area contributed by atoms with Crippen LogP contribution in [0.2, 0.25) is 0 Å². The number of carbonyl (C=O) groups excluding carboxylic acids is 2. The summed E-state index contributed by atoms with van der Waals surface area (Å²) in [5.41, 5.74) is 1.74. The minimum atomic E-state index is -0.631. The minimum absolute atomic E-state index is 0.261. The summed E-state index contributed by atoms with van der Waals surface area (Å²) in [4.78, 5) is 29.0. The molecule has 3 rings (SSSR count). The first-order valence-electron chi connectivity index (χ1n) is 5.31. The summed E-state index contributed by atoms with van der Waals surface area (Å²) < 4.78 is 0.898. The number of para-hydroxylation sites is 1. The average Bonchev–Trinajstić information content (AvgIpc) is 2.88. The van der Waals surface area contributed by atoms with Crippen LogP contribution in [0.4, 0.5) is 5.13 Å². The van der Waals surface area contributed by atoms with Gasteiger partial charge in [-0.1, -0.05) is 46.7 Å². The van der Waals surface area contributed by atoms with Crippen molar-refractivity contribution >= 4 is 61.7 Å². The van der Waals surface area contributed by atoms with Crippen LogP contribution in [-0.2, 0) is 9.59 Å². The second kappa shape index (κ2) is 4.30. The number of thiazole rings is 1. The zero-order valence-corrected chi connectivity index (χ0v) is 11.9. The molecule has 0 radical (unpaired) electrons. The molecular formula is C12H6Cl2N2O2S. The summed E-state index contributed by atoms with van der Waals surface area (Å²) >= 11 is 12.6. The van der Waals surface area contributed by atoms with E-state index < -0.39 is 11.8 Å². The molecular weight excluding hydrogens is 307 g/mol. The minimum Gasteiger partial charge on any atom is -0.267 e. The molecule has 1 aromatic heterocycles. The van der Waals surface area contributed by atoms with Crippen LogP contribution >= 0.6 is 34.5 Å². The maximum Gasteiger partial charge on any atom is 0.280 e. The number of amides is 2. The summed E-state index contributed by atoms with van der Waals surface area (Å²) in [5.74, 6) is -1.26. The van der Waals surface area contributed by atoms with Gasteiger partial charge < -0.3 is 0 Å². The first-order valence-corrected chi connectivity index (χ1v) is 6.88. The molecule has 1 aliphatic heterocycles. The average molecular weight is 313 g/mol. The number of hydrogen-bond donors (Lipinski definition) is 0. The zero-order chi connectivity index (χ0) is 13.7. The maximum atomic E-state index is 11.9. The molecule has 0 saturated carbocycles. The summed E-state index contributed by atoms with van der Waals surface area (Å²) in [5, 5.41) is -0.238. The van der Waals surface area contributed by atoms with Gasteiger partial charge in [0.05, 0.1) is 10.2 Å². The second-order valence-electron chi connectivity index (χ2n) is 3.99. The SMILES string of the molecule is Cc1cccc2sc(N3C(=O)C(Cl)=C(Cl)C3=O)nc12. The molecule has 19 heavy (non-hydrogen) atoms. The van der Waals surface area contributed by atoms with Crippen molar-refractivity contribution in [3.05, 3.63) is 33.8 Å². The fourth-order valence-electron chi connectivity index (χ4n) is 1.82. The highest BCUT2D eigenvalue weighted by molar-refractivity contribution is 7.22. The van der Waals surface area contributed by atoms with Crippen LogP contribution in [0.1, 0.15) is 5.56 Å². The van der Waals surface area contributed by atoms with E-state index in [0.717, 1.165) is 20.7 Å². The third-order valence-corrected chi connectivity index (χ3v) is 4.58. The molecule has 0 fully saturated rings. The third kappa shape index (κ3) is 1.77. The molecule has 1 aromatic carbocycles. The number of nitrogens with zero attached hydrogens (tertiary/aromatic N) is 2. The quantitative estimate of drug-likeness (QED) is 0.760. The molecule has 2 aromatic rings. The zero-order valence-electron chi connectivity index (χ0n) is 9.61. The molecule has 96 valence electrons. The van der Waals surface area contributed by atoms with E-state index in [4.69, 9.17) is 23.2 Å². The predicted molar refractivity (Wildman–Crippen MR) is 75.6 cm³/mol. The predicted octanol–water partition coefficient (Wildman–Crippen LogP) is 3.17. The van der Waals surface area contributed by atoms with E-state index in [-0.39, 0.29) is 15.2 Å². The van der Waals surface area contributed by atoms with Gasteiger partial charge in [-0.25, -0.2) is 9.88 Å². The molecule has 0 spiro atoms. The van der Waals surface area contributed by atoms with Crippen LogP contribution in [0.5, 0.6) is 0 Å². The van der Waals surface area contributed by atoms with Crippen molar-refractivity contribution in [2.45, 2.75) is 6.92 Å². The molecule has 0 atom stereocenters. The largest absolute Gasteiger partial charge is 0.280 e. The van der Waals surface area contributed by atoms with E-state index in [1.165, 1.54) is 11.3 Å². The number of carbonyl (C=O) groups is 2. The molecule has 0 N–H and O–H groups in total. The van der Waals surface area contributed by atoms with Gasteiger partial charge in [-0.05, 0) is 18.6 Å². The summed E-state index contributed by atoms with van der Waals surface area (Å²) in [6.45, 7) is 1.91. The molecule has 1 aliphatic rings. The topological polar surface area (TPSA) is 50.3 Å². The van der Waals surface area contributed by atoms with Crippen LogP contribution in [0.15, 0.2) is 28.3 Å². The van der Waals surface area contributed by atoms with E-state index in [2.05, 4.69) is 4.98 Å². The van der Waals surface area contributed by atoms with Crippen LogP contribution in [-0.4, -0.2) is 16.8 Å².